The van der Waals surface area contributed by atoms with Crippen molar-refractivity contribution in [3.63, 3.8) is 0 Å². The molecule has 0 aromatic carbocycles. The zero-order valence-electron chi connectivity index (χ0n) is 5.02. The number of hydrogen-bond acceptors (Lipinski definition) is 1. The Labute approximate surface area is 53.8 Å². The molecule has 8 heavy (non-hydrogen) atoms. The van der Waals surface area contributed by atoms with Gasteiger partial charge in [-0.2, -0.15) is 0 Å². The molecule has 0 saturated heterocycles. The molecule has 0 spiro atoms. The highest BCUT2D eigenvalue weighted by Gasteiger charge is 2.13. The maximum atomic E-state index is 5.32. The van der Waals surface area contributed by atoms with E-state index in [9.17, 15) is 0 Å². The van der Waals surface area contributed by atoms with Crippen LogP contribution < -0.4 is 0 Å². The topological polar surface area (TPSA) is 9.23 Å². The predicted octanol–water partition coefficient (Wildman–Crippen LogP) is 1.07. The van der Waals surface area contributed by atoms with Crippen LogP contribution in [-0.2, 0) is 4.74 Å². The molecule has 0 aromatic heterocycles. The number of ether oxygens (including phenoxy) is 1. The predicted molar refractivity (Wildman–Crippen MR) is 34.0 cm³/mol. The van der Waals surface area contributed by atoms with Gasteiger partial charge in [-0.1, -0.05) is 12.8 Å². The minimum Gasteiger partial charge on any atom is -0.382 e. The summed E-state index contributed by atoms with van der Waals surface area (Å²) in [5.74, 6) is 0. The zero-order chi connectivity index (χ0) is 5.82. The van der Waals surface area contributed by atoms with Gasteiger partial charge in [-0.05, 0) is 12.8 Å². The molecule has 1 saturated carbocycles. The summed E-state index contributed by atoms with van der Waals surface area (Å²) in [6.45, 7) is 0. The first kappa shape index (κ1) is 6.30. The van der Waals surface area contributed by atoms with E-state index >= 15 is 0 Å². The van der Waals surface area contributed by atoms with E-state index in [4.69, 9.17) is 4.74 Å². The molecule has 1 fully saturated rings. The van der Waals surface area contributed by atoms with Crippen molar-refractivity contribution < 1.29 is 4.74 Å². The third kappa shape index (κ3) is 1.60. The summed E-state index contributed by atoms with van der Waals surface area (Å²) in [4.78, 5) is 0. The molecule has 0 unspecified atom stereocenters. The van der Waals surface area contributed by atoms with Crippen molar-refractivity contribution in [2.45, 2.75) is 31.8 Å². The van der Waals surface area contributed by atoms with Crippen molar-refractivity contribution in [2.75, 3.05) is 6.23 Å². The molecule has 0 heterocycles. The van der Waals surface area contributed by atoms with E-state index in [-0.39, 0.29) is 0 Å². The Balaban J connectivity index is 2.06. The molecule has 1 rings (SSSR count). The van der Waals surface area contributed by atoms with Crippen molar-refractivity contribution >= 4 is 10.2 Å². The minimum atomic E-state index is 0.562. The maximum absolute atomic E-state index is 5.32. The normalized spacial score (nSPS) is 22.1. The van der Waals surface area contributed by atoms with Crippen LogP contribution in [0.15, 0.2) is 0 Å². The smallest absolute Gasteiger partial charge is 0.0609 e. The van der Waals surface area contributed by atoms with Gasteiger partial charge in [-0.25, -0.2) is 0 Å². The molecule has 0 amide bonds. The van der Waals surface area contributed by atoms with Gasteiger partial charge >= 0.3 is 0 Å². The number of hydrogen-bond donors (Lipinski definition) is 0. The van der Waals surface area contributed by atoms with Crippen molar-refractivity contribution in [1.29, 1.82) is 0 Å². The summed E-state index contributed by atoms with van der Waals surface area (Å²) in [5.41, 5.74) is 0. The third-order valence-corrected chi connectivity index (χ3v) is 1.79. The fourth-order valence-electron chi connectivity index (χ4n) is 1.17. The lowest BCUT2D eigenvalue weighted by molar-refractivity contribution is 0.0930. The lowest BCUT2D eigenvalue weighted by atomic mass is 10.3. The minimum absolute atomic E-state index is 0.562. The third-order valence-electron chi connectivity index (χ3n) is 1.62. The first-order valence-corrected chi connectivity index (χ1v) is 3.90. The van der Waals surface area contributed by atoms with Gasteiger partial charge in [-0.15, -0.1) is 0 Å². The molecule has 0 aliphatic heterocycles. The van der Waals surface area contributed by atoms with E-state index in [0.29, 0.717) is 12.3 Å². The summed E-state index contributed by atoms with van der Waals surface area (Å²) in [7, 11) is 3.28. The molecule has 1 nitrogen and oxygen atoms in total. The van der Waals surface area contributed by atoms with Crippen LogP contribution in [0.2, 0.25) is 0 Å². The average molecular weight is 127 g/mol. The van der Waals surface area contributed by atoms with E-state index in [1.807, 2.05) is 0 Å². The van der Waals surface area contributed by atoms with Gasteiger partial charge in [0.2, 0.25) is 0 Å². The summed E-state index contributed by atoms with van der Waals surface area (Å²) < 4.78 is 5.32. The molecule has 0 atom stereocenters. The van der Waals surface area contributed by atoms with Crippen molar-refractivity contribution in [3.05, 3.63) is 0 Å². The molecule has 0 bridgehead atoms. The Morgan fingerprint density at radius 3 is 2.50 bits per heavy atom. The molecule has 3 radical (unpaired) electrons. The van der Waals surface area contributed by atoms with Crippen LogP contribution in [0.25, 0.3) is 0 Å². The van der Waals surface area contributed by atoms with Crippen molar-refractivity contribution in [3.8, 4) is 0 Å². The van der Waals surface area contributed by atoms with E-state index in [1.165, 1.54) is 25.7 Å². The summed E-state index contributed by atoms with van der Waals surface area (Å²) in [5, 5.41) is 0. The van der Waals surface area contributed by atoms with Gasteiger partial charge in [0.15, 0.2) is 0 Å². The van der Waals surface area contributed by atoms with E-state index in [2.05, 4.69) is 10.2 Å². The second-order valence-corrected chi connectivity index (χ2v) is 2.51. The maximum Gasteiger partial charge on any atom is 0.0609 e. The highest BCUT2D eigenvalue weighted by atomic mass is 28.1. The van der Waals surface area contributed by atoms with Crippen LogP contribution in [0.5, 0.6) is 0 Å². The fourth-order valence-corrected chi connectivity index (χ4v) is 1.41. The molecular formula is C6H11OSi. The van der Waals surface area contributed by atoms with Crippen LogP contribution in [0.4, 0.5) is 0 Å². The monoisotopic (exact) mass is 127 g/mol. The Kier molecular flexibility index (Phi) is 2.56. The standard InChI is InChI=1S/C6H11OSi/c8-5-7-6-3-1-2-4-6/h6H,1-5H2. The Morgan fingerprint density at radius 1 is 1.38 bits per heavy atom. The first-order valence-electron chi connectivity index (χ1n) is 3.19. The van der Waals surface area contributed by atoms with Gasteiger partial charge in [0, 0.05) is 6.23 Å². The van der Waals surface area contributed by atoms with Crippen LogP contribution >= 0.6 is 0 Å². The van der Waals surface area contributed by atoms with E-state index < -0.39 is 0 Å². The average Bonchev–Trinajstić information content (AvgIpc) is 2.19. The summed E-state index contributed by atoms with van der Waals surface area (Å²) >= 11 is 0. The van der Waals surface area contributed by atoms with Gasteiger partial charge in [0.05, 0.1) is 16.3 Å². The molecular weight excluding hydrogens is 116 g/mol. The summed E-state index contributed by atoms with van der Waals surface area (Å²) in [6.07, 6.45) is 6.51. The second-order valence-electron chi connectivity index (χ2n) is 2.22. The van der Waals surface area contributed by atoms with Crippen molar-refractivity contribution in [1.82, 2.24) is 0 Å². The largest absolute Gasteiger partial charge is 0.382 e. The van der Waals surface area contributed by atoms with Crippen LogP contribution in [0.1, 0.15) is 25.7 Å². The van der Waals surface area contributed by atoms with Crippen molar-refractivity contribution in [2.24, 2.45) is 0 Å². The van der Waals surface area contributed by atoms with Gasteiger partial charge in [0.1, 0.15) is 0 Å². The Bertz CT molecular complexity index is 59.5. The molecule has 1 aliphatic rings. The van der Waals surface area contributed by atoms with Gasteiger partial charge < -0.3 is 4.74 Å². The number of rotatable bonds is 2. The highest BCUT2D eigenvalue weighted by molar-refractivity contribution is 6.08. The van der Waals surface area contributed by atoms with Crippen LogP contribution in [0.3, 0.4) is 0 Å². The zero-order valence-corrected chi connectivity index (χ0v) is 6.02. The van der Waals surface area contributed by atoms with E-state index in [0.717, 1.165) is 0 Å². The second kappa shape index (κ2) is 3.25. The Morgan fingerprint density at radius 2 is 2.00 bits per heavy atom. The van der Waals surface area contributed by atoms with Crippen LogP contribution in [0, 0.1) is 0 Å². The fraction of sp³-hybridized carbons (Fsp3) is 1.00. The lowest BCUT2D eigenvalue weighted by Gasteiger charge is -2.06. The first-order chi connectivity index (χ1) is 3.93. The summed E-state index contributed by atoms with van der Waals surface area (Å²) in [6, 6.07) is 0. The molecule has 0 aromatic rings. The molecule has 2 heteroatoms. The SMILES string of the molecule is [Si]COC1CCCC1. The lowest BCUT2D eigenvalue weighted by Crippen LogP contribution is -2.07. The quantitative estimate of drug-likeness (QED) is 0.504. The Hall–Kier alpha value is 0.177. The molecule has 0 N–H and O–H groups in total. The van der Waals surface area contributed by atoms with Gasteiger partial charge in [0.25, 0.3) is 0 Å². The van der Waals surface area contributed by atoms with Gasteiger partial charge in [-0.3, -0.25) is 0 Å². The van der Waals surface area contributed by atoms with E-state index in [1.54, 1.807) is 0 Å². The highest BCUT2D eigenvalue weighted by Crippen LogP contribution is 2.20. The molecule has 1 aliphatic carbocycles. The van der Waals surface area contributed by atoms with Crippen LogP contribution in [-0.4, -0.2) is 22.6 Å². The molecule has 45 valence electrons.